The van der Waals surface area contributed by atoms with Crippen LogP contribution in [-0.4, -0.2) is 57.0 Å². The van der Waals surface area contributed by atoms with Gasteiger partial charge in [-0.15, -0.1) is 23.5 Å². The van der Waals surface area contributed by atoms with E-state index in [1.54, 1.807) is 23.5 Å². The van der Waals surface area contributed by atoms with E-state index < -0.39 is 24.1 Å². The lowest BCUT2D eigenvalue weighted by molar-refractivity contribution is -0.159. The standard InChI is InChI=1S/C12H24O4S2/c1-5-17-11(18-6-2)10(14)9(13)8-7-15-12(3,4)16-8/h8-11,13-14H,5-7H2,1-4H3. The Labute approximate surface area is 118 Å². The lowest BCUT2D eigenvalue weighted by Gasteiger charge is -2.28. The highest BCUT2D eigenvalue weighted by molar-refractivity contribution is 8.17. The Morgan fingerprint density at radius 1 is 1.22 bits per heavy atom. The van der Waals surface area contributed by atoms with Crippen LogP contribution >= 0.6 is 23.5 Å². The molecule has 0 saturated carbocycles. The molecule has 3 unspecified atom stereocenters. The van der Waals surface area contributed by atoms with Crippen LogP contribution in [0, 0.1) is 0 Å². The van der Waals surface area contributed by atoms with E-state index in [0.717, 1.165) is 11.5 Å². The van der Waals surface area contributed by atoms with Gasteiger partial charge in [-0.2, -0.15) is 0 Å². The molecule has 18 heavy (non-hydrogen) atoms. The third-order valence-corrected chi connectivity index (χ3v) is 5.40. The molecule has 3 atom stereocenters. The first-order valence-electron chi connectivity index (χ1n) is 6.32. The normalized spacial score (nSPS) is 26.5. The number of aliphatic hydroxyl groups excluding tert-OH is 2. The fourth-order valence-electron chi connectivity index (χ4n) is 1.84. The molecule has 1 aliphatic rings. The van der Waals surface area contributed by atoms with Crippen molar-refractivity contribution in [2.24, 2.45) is 0 Å². The fraction of sp³-hybridized carbons (Fsp3) is 1.00. The first-order chi connectivity index (χ1) is 8.41. The van der Waals surface area contributed by atoms with E-state index in [-0.39, 0.29) is 4.58 Å². The Morgan fingerprint density at radius 2 is 1.78 bits per heavy atom. The summed E-state index contributed by atoms with van der Waals surface area (Å²) in [6, 6.07) is 0. The Morgan fingerprint density at radius 3 is 2.17 bits per heavy atom. The van der Waals surface area contributed by atoms with Gasteiger partial charge < -0.3 is 19.7 Å². The van der Waals surface area contributed by atoms with Gasteiger partial charge in [0.25, 0.3) is 0 Å². The van der Waals surface area contributed by atoms with Crippen LogP contribution in [0.5, 0.6) is 0 Å². The Hall–Kier alpha value is 0.540. The summed E-state index contributed by atoms with van der Waals surface area (Å²) in [6.07, 6.45) is -2.16. The van der Waals surface area contributed by atoms with Crippen molar-refractivity contribution in [1.29, 1.82) is 0 Å². The van der Waals surface area contributed by atoms with E-state index in [2.05, 4.69) is 0 Å². The third kappa shape index (κ3) is 4.58. The first kappa shape index (κ1) is 16.6. The average molecular weight is 296 g/mol. The average Bonchev–Trinajstić information content (AvgIpc) is 2.67. The van der Waals surface area contributed by atoms with Crippen LogP contribution in [0.25, 0.3) is 0 Å². The second kappa shape index (κ2) is 7.36. The van der Waals surface area contributed by atoms with Crippen molar-refractivity contribution in [3.8, 4) is 0 Å². The van der Waals surface area contributed by atoms with Gasteiger partial charge in [-0.1, -0.05) is 13.8 Å². The lowest BCUT2D eigenvalue weighted by Crippen LogP contribution is -2.44. The first-order valence-corrected chi connectivity index (χ1v) is 8.42. The Kier molecular flexibility index (Phi) is 6.78. The van der Waals surface area contributed by atoms with E-state index in [9.17, 15) is 10.2 Å². The van der Waals surface area contributed by atoms with E-state index in [1.807, 2.05) is 27.7 Å². The zero-order chi connectivity index (χ0) is 13.8. The molecule has 1 aliphatic heterocycles. The topological polar surface area (TPSA) is 58.9 Å². The maximum Gasteiger partial charge on any atom is 0.163 e. The van der Waals surface area contributed by atoms with Crippen molar-refractivity contribution in [1.82, 2.24) is 0 Å². The van der Waals surface area contributed by atoms with Crippen LogP contribution in [0.2, 0.25) is 0 Å². The molecule has 108 valence electrons. The van der Waals surface area contributed by atoms with Gasteiger partial charge in [-0.3, -0.25) is 0 Å². The molecule has 4 nitrogen and oxygen atoms in total. The van der Waals surface area contributed by atoms with E-state index >= 15 is 0 Å². The maximum atomic E-state index is 10.2. The third-order valence-electron chi connectivity index (χ3n) is 2.70. The smallest absolute Gasteiger partial charge is 0.163 e. The molecule has 0 aromatic heterocycles. The molecule has 0 aromatic rings. The highest BCUT2D eigenvalue weighted by Crippen LogP contribution is 2.32. The van der Waals surface area contributed by atoms with Crippen LogP contribution in [-0.2, 0) is 9.47 Å². The minimum absolute atomic E-state index is 0.0256. The van der Waals surface area contributed by atoms with E-state index in [4.69, 9.17) is 9.47 Å². The summed E-state index contributed by atoms with van der Waals surface area (Å²) in [4.78, 5) is 0. The lowest BCUT2D eigenvalue weighted by atomic mass is 10.1. The zero-order valence-corrected chi connectivity index (χ0v) is 13.1. The van der Waals surface area contributed by atoms with Crippen molar-refractivity contribution in [2.45, 2.75) is 56.4 Å². The van der Waals surface area contributed by atoms with Crippen LogP contribution in [0.3, 0.4) is 0 Å². The minimum atomic E-state index is -0.908. The van der Waals surface area contributed by atoms with Gasteiger partial charge >= 0.3 is 0 Å². The molecular weight excluding hydrogens is 272 g/mol. The monoisotopic (exact) mass is 296 g/mol. The van der Waals surface area contributed by atoms with Crippen LogP contribution in [0.15, 0.2) is 0 Å². The van der Waals surface area contributed by atoms with E-state index in [0.29, 0.717) is 6.61 Å². The summed E-state index contributed by atoms with van der Waals surface area (Å²) < 4.78 is 11.0. The summed E-state index contributed by atoms with van der Waals surface area (Å²) in [6.45, 7) is 8.04. The van der Waals surface area contributed by atoms with Gasteiger partial charge in [0, 0.05) is 0 Å². The van der Waals surface area contributed by atoms with Gasteiger partial charge in [-0.25, -0.2) is 0 Å². The number of ether oxygens (including phenoxy) is 2. The highest BCUT2D eigenvalue weighted by atomic mass is 32.2. The van der Waals surface area contributed by atoms with Gasteiger partial charge in [0.15, 0.2) is 5.79 Å². The summed E-state index contributed by atoms with van der Waals surface area (Å²) in [5, 5.41) is 20.4. The SMILES string of the molecule is CCSC(SCC)C(O)C(O)C1COC(C)(C)O1. The molecule has 2 N–H and O–H groups in total. The Bertz CT molecular complexity index is 238. The quantitative estimate of drug-likeness (QED) is 0.697. The molecule has 1 rings (SSSR count). The number of hydrogen-bond donors (Lipinski definition) is 2. The molecule has 1 heterocycles. The predicted octanol–water partition coefficient (Wildman–Crippen LogP) is 1.69. The van der Waals surface area contributed by atoms with Crippen molar-refractivity contribution in [3.63, 3.8) is 0 Å². The molecule has 1 fully saturated rings. The van der Waals surface area contributed by atoms with Gasteiger partial charge in [0.2, 0.25) is 0 Å². The highest BCUT2D eigenvalue weighted by Gasteiger charge is 2.41. The predicted molar refractivity (Wildman–Crippen MR) is 77.0 cm³/mol. The number of aliphatic hydroxyl groups is 2. The van der Waals surface area contributed by atoms with Crippen molar-refractivity contribution < 1.29 is 19.7 Å². The summed E-state index contributed by atoms with van der Waals surface area (Å²) in [5.74, 6) is 1.15. The van der Waals surface area contributed by atoms with Crippen LogP contribution in [0.1, 0.15) is 27.7 Å². The molecule has 6 heteroatoms. The molecule has 0 spiro atoms. The second-order valence-corrected chi connectivity index (χ2v) is 7.76. The number of hydrogen-bond acceptors (Lipinski definition) is 6. The summed E-state index contributed by atoms with van der Waals surface area (Å²) in [5.41, 5.74) is 0. The van der Waals surface area contributed by atoms with Gasteiger partial charge in [0.05, 0.1) is 11.2 Å². The van der Waals surface area contributed by atoms with Crippen LogP contribution < -0.4 is 0 Å². The maximum absolute atomic E-state index is 10.2. The van der Waals surface area contributed by atoms with Crippen molar-refractivity contribution in [2.75, 3.05) is 18.1 Å². The summed E-state index contributed by atoms with van der Waals surface area (Å²) >= 11 is 3.31. The molecule has 0 aliphatic carbocycles. The molecule has 0 radical (unpaired) electrons. The summed E-state index contributed by atoms with van der Waals surface area (Å²) in [7, 11) is 0. The number of thioether (sulfide) groups is 2. The Balaban J connectivity index is 2.55. The molecule has 0 bridgehead atoms. The van der Waals surface area contributed by atoms with Crippen molar-refractivity contribution >= 4 is 23.5 Å². The fourth-order valence-corrected chi connectivity index (χ4v) is 4.41. The van der Waals surface area contributed by atoms with E-state index in [1.165, 1.54) is 0 Å². The molecule has 1 saturated heterocycles. The second-order valence-electron chi connectivity index (χ2n) is 4.63. The van der Waals surface area contributed by atoms with Gasteiger partial charge in [-0.05, 0) is 25.4 Å². The van der Waals surface area contributed by atoms with Crippen LogP contribution in [0.4, 0.5) is 0 Å². The molecule has 0 aromatic carbocycles. The number of rotatable bonds is 7. The van der Waals surface area contributed by atoms with Crippen molar-refractivity contribution in [3.05, 3.63) is 0 Å². The minimum Gasteiger partial charge on any atom is -0.388 e. The molecule has 0 amide bonds. The largest absolute Gasteiger partial charge is 0.388 e. The van der Waals surface area contributed by atoms with Gasteiger partial charge in [0.1, 0.15) is 18.3 Å². The molecular formula is C12H24O4S2. The zero-order valence-electron chi connectivity index (χ0n) is 11.5.